The molecular formula is C25H25F2N7O2. The number of pyridine rings is 2. The molecule has 4 aromatic rings. The van der Waals surface area contributed by atoms with E-state index in [4.69, 9.17) is 4.74 Å². The third-order valence-electron chi connectivity index (χ3n) is 6.10. The van der Waals surface area contributed by atoms with Crippen LogP contribution in [0, 0.1) is 11.6 Å². The number of hydrogen-bond donors (Lipinski definition) is 3. The van der Waals surface area contributed by atoms with Crippen molar-refractivity contribution in [2.75, 3.05) is 35.7 Å². The van der Waals surface area contributed by atoms with E-state index in [1.165, 1.54) is 6.20 Å². The highest BCUT2D eigenvalue weighted by atomic mass is 19.2. The van der Waals surface area contributed by atoms with Crippen LogP contribution < -0.4 is 20.3 Å². The van der Waals surface area contributed by atoms with Gasteiger partial charge in [0.1, 0.15) is 17.3 Å². The van der Waals surface area contributed by atoms with Crippen molar-refractivity contribution in [3.63, 3.8) is 0 Å². The molecule has 3 N–H and O–H groups in total. The lowest BCUT2D eigenvalue weighted by Crippen LogP contribution is -2.42. The van der Waals surface area contributed by atoms with Crippen molar-refractivity contribution >= 4 is 39.9 Å². The van der Waals surface area contributed by atoms with Gasteiger partial charge >= 0.3 is 0 Å². The van der Waals surface area contributed by atoms with Crippen LogP contribution in [0.2, 0.25) is 0 Å². The summed E-state index contributed by atoms with van der Waals surface area (Å²) < 4.78 is 32.5. The number of aromatic nitrogens is 4. The second-order valence-corrected chi connectivity index (χ2v) is 8.91. The summed E-state index contributed by atoms with van der Waals surface area (Å²) >= 11 is 0. The molecular weight excluding hydrogens is 468 g/mol. The van der Waals surface area contributed by atoms with Crippen LogP contribution >= 0.6 is 0 Å². The number of nitrogens with one attached hydrogen (secondary N) is 2. The molecule has 3 aromatic heterocycles. The number of hydrogen-bond acceptors (Lipinski definition) is 9. The first-order chi connectivity index (χ1) is 17.3. The van der Waals surface area contributed by atoms with E-state index in [0.717, 1.165) is 18.0 Å². The molecule has 1 saturated heterocycles. The quantitative estimate of drug-likeness (QED) is 0.357. The van der Waals surface area contributed by atoms with Gasteiger partial charge in [-0.25, -0.2) is 13.8 Å². The summed E-state index contributed by atoms with van der Waals surface area (Å²) in [7, 11) is 1.54. The zero-order valence-electron chi connectivity index (χ0n) is 19.8. The maximum Gasteiger partial charge on any atom is 0.239 e. The summed E-state index contributed by atoms with van der Waals surface area (Å²) in [4.78, 5) is 19.6. The van der Waals surface area contributed by atoms with Gasteiger partial charge in [0.25, 0.3) is 0 Å². The second kappa shape index (κ2) is 9.50. The van der Waals surface area contributed by atoms with Crippen LogP contribution in [0.15, 0.2) is 48.8 Å². The standard InChI is InChI=1S/C25H25F2N7O2/c1-25(35)6-9-34(10-7-25)22-4-3-19(23(33-22)36-2)31-24-28-8-5-21(32-24)30-16-11-15-12-17(26)18(27)13-20(15)29-14-16/h3-5,8,11-14,35H,6-7,9-10H2,1-2H3,(H2,28,30,31,32). The van der Waals surface area contributed by atoms with Gasteiger partial charge in [0, 0.05) is 30.7 Å². The molecule has 36 heavy (non-hydrogen) atoms. The molecule has 5 rings (SSSR count). The summed E-state index contributed by atoms with van der Waals surface area (Å²) in [6, 6.07) is 9.22. The first-order valence-electron chi connectivity index (χ1n) is 11.4. The Morgan fingerprint density at radius 1 is 1.00 bits per heavy atom. The van der Waals surface area contributed by atoms with E-state index in [0.29, 0.717) is 65.9 Å². The largest absolute Gasteiger partial charge is 0.479 e. The number of anilines is 5. The number of ether oxygens (including phenoxy) is 1. The van der Waals surface area contributed by atoms with Gasteiger partial charge in [-0.3, -0.25) is 4.98 Å². The van der Waals surface area contributed by atoms with Crippen molar-refractivity contribution < 1.29 is 18.6 Å². The van der Waals surface area contributed by atoms with Crippen molar-refractivity contribution in [3.8, 4) is 5.88 Å². The molecule has 9 nitrogen and oxygen atoms in total. The van der Waals surface area contributed by atoms with Gasteiger partial charge in [0.15, 0.2) is 11.6 Å². The molecule has 11 heteroatoms. The molecule has 0 amide bonds. The minimum Gasteiger partial charge on any atom is -0.479 e. The molecule has 0 saturated carbocycles. The van der Waals surface area contributed by atoms with Gasteiger partial charge in [-0.1, -0.05) is 0 Å². The number of piperidine rings is 1. The third kappa shape index (κ3) is 5.10. The number of nitrogens with zero attached hydrogens (tertiary/aromatic N) is 5. The minimum atomic E-state index is -0.941. The minimum absolute atomic E-state index is 0.309. The van der Waals surface area contributed by atoms with Crippen LogP contribution in [0.3, 0.4) is 0 Å². The normalized spacial score (nSPS) is 15.1. The fourth-order valence-corrected chi connectivity index (χ4v) is 4.02. The molecule has 1 fully saturated rings. The Hall–Kier alpha value is -4.12. The predicted molar refractivity (Wildman–Crippen MR) is 133 cm³/mol. The Balaban J connectivity index is 1.32. The highest BCUT2D eigenvalue weighted by Crippen LogP contribution is 2.31. The molecule has 0 atom stereocenters. The van der Waals surface area contributed by atoms with Crippen LogP contribution in [-0.2, 0) is 0 Å². The fraction of sp³-hybridized carbons (Fsp3) is 0.280. The molecule has 0 radical (unpaired) electrons. The van der Waals surface area contributed by atoms with Crippen molar-refractivity contribution in [1.82, 2.24) is 19.9 Å². The number of aliphatic hydroxyl groups is 1. The fourth-order valence-electron chi connectivity index (χ4n) is 4.02. The van der Waals surface area contributed by atoms with E-state index in [-0.39, 0.29) is 0 Å². The van der Waals surface area contributed by atoms with Crippen LogP contribution in [-0.4, -0.2) is 50.8 Å². The Labute approximate surface area is 206 Å². The SMILES string of the molecule is COc1nc(N2CCC(C)(O)CC2)ccc1Nc1nccc(Nc2cnc3cc(F)c(F)cc3c2)n1. The number of halogens is 2. The topological polar surface area (TPSA) is 108 Å². The number of rotatable bonds is 6. The lowest BCUT2D eigenvalue weighted by atomic mass is 9.94. The van der Waals surface area contributed by atoms with E-state index < -0.39 is 17.2 Å². The molecule has 4 heterocycles. The van der Waals surface area contributed by atoms with E-state index in [9.17, 15) is 13.9 Å². The smallest absolute Gasteiger partial charge is 0.239 e. The first kappa shape index (κ1) is 23.6. The van der Waals surface area contributed by atoms with Crippen LogP contribution in [0.5, 0.6) is 5.88 Å². The molecule has 0 bridgehead atoms. The van der Waals surface area contributed by atoms with Gasteiger partial charge in [0.2, 0.25) is 11.8 Å². The summed E-state index contributed by atoms with van der Waals surface area (Å²) in [5.74, 6) is 0.0629. The molecule has 0 spiro atoms. The van der Waals surface area contributed by atoms with Gasteiger partial charge in [-0.05, 0) is 50.1 Å². The average molecular weight is 494 g/mol. The Bertz CT molecular complexity index is 1410. The van der Waals surface area contributed by atoms with Crippen molar-refractivity contribution in [2.24, 2.45) is 0 Å². The Kier molecular flexibility index (Phi) is 6.23. The highest BCUT2D eigenvalue weighted by molar-refractivity contribution is 5.82. The van der Waals surface area contributed by atoms with Gasteiger partial charge in [-0.2, -0.15) is 9.97 Å². The van der Waals surface area contributed by atoms with E-state index in [2.05, 4.69) is 35.5 Å². The maximum absolute atomic E-state index is 13.6. The molecule has 1 aromatic carbocycles. The maximum atomic E-state index is 13.6. The number of methoxy groups -OCH3 is 1. The molecule has 1 aliphatic heterocycles. The summed E-state index contributed by atoms with van der Waals surface area (Å²) in [5.41, 5.74) is 0.854. The molecule has 1 aliphatic rings. The molecule has 0 unspecified atom stereocenters. The second-order valence-electron chi connectivity index (χ2n) is 8.91. The van der Waals surface area contributed by atoms with Gasteiger partial charge in [0.05, 0.1) is 30.1 Å². The van der Waals surface area contributed by atoms with E-state index in [1.807, 2.05) is 19.1 Å². The van der Waals surface area contributed by atoms with E-state index in [1.54, 1.807) is 25.4 Å². The van der Waals surface area contributed by atoms with Crippen LogP contribution in [0.4, 0.5) is 37.7 Å². The van der Waals surface area contributed by atoms with Gasteiger partial charge < -0.3 is 25.4 Å². The highest BCUT2D eigenvalue weighted by Gasteiger charge is 2.28. The summed E-state index contributed by atoms with van der Waals surface area (Å²) in [6.45, 7) is 3.27. The number of fused-ring (bicyclic) bond motifs is 1. The molecule has 186 valence electrons. The molecule has 0 aliphatic carbocycles. The zero-order valence-corrected chi connectivity index (χ0v) is 19.8. The lowest BCUT2D eigenvalue weighted by molar-refractivity contribution is 0.0350. The first-order valence-corrected chi connectivity index (χ1v) is 11.4. The summed E-state index contributed by atoms with van der Waals surface area (Å²) in [5, 5.41) is 16.9. The predicted octanol–water partition coefficient (Wildman–Crippen LogP) is 4.55. The van der Waals surface area contributed by atoms with Crippen LogP contribution in [0.25, 0.3) is 10.9 Å². The average Bonchev–Trinajstić information content (AvgIpc) is 2.85. The van der Waals surface area contributed by atoms with Crippen molar-refractivity contribution in [3.05, 3.63) is 60.4 Å². The third-order valence-corrected chi connectivity index (χ3v) is 6.10. The Morgan fingerprint density at radius 3 is 2.56 bits per heavy atom. The number of benzene rings is 1. The van der Waals surface area contributed by atoms with Crippen LogP contribution in [0.1, 0.15) is 19.8 Å². The zero-order chi connectivity index (χ0) is 25.3. The Morgan fingerprint density at radius 2 is 1.78 bits per heavy atom. The van der Waals surface area contributed by atoms with E-state index >= 15 is 0 Å². The lowest BCUT2D eigenvalue weighted by Gasteiger charge is -2.36. The van der Waals surface area contributed by atoms with Crippen molar-refractivity contribution in [2.45, 2.75) is 25.4 Å². The monoisotopic (exact) mass is 493 g/mol. The summed E-state index contributed by atoms with van der Waals surface area (Å²) in [6.07, 6.45) is 4.43. The van der Waals surface area contributed by atoms with Gasteiger partial charge in [-0.15, -0.1) is 0 Å². The van der Waals surface area contributed by atoms with Crippen molar-refractivity contribution in [1.29, 1.82) is 0 Å².